The highest BCUT2D eigenvalue weighted by Crippen LogP contribution is 2.20. The van der Waals surface area contributed by atoms with Gasteiger partial charge in [0, 0.05) is 16.4 Å². The number of aromatic amines is 1. The number of aromatic nitrogens is 2. The molecule has 70 valence electrons. The van der Waals surface area contributed by atoms with Crippen molar-refractivity contribution in [3.05, 3.63) is 45.8 Å². The fourth-order valence-electron chi connectivity index (χ4n) is 1.19. The fourth-order valence-corrected chi connectivity index (χ4v) is 1.76. The summed E-state index contributed by atoms with van der Waals surface area (Å²) < 4.78 is 1.55. The van der Waals surface area contributed by atoms with E-state index in [0.717, 1.165) is 15.7 Å². The molecule has 1 aromatic carbocycles. The zero-order chi connectivity index (χ0) is 9.97. The van der Waals surface area contributed by atoms with Gasteiger partial charge in [-0.05, 0) is 36.0 Å². The van der Waals surface area contributed by atoms with Gasteiger partial charge >= 0.3 is 0 Å². The number of nitrogens with one attached hydrogen (secondary N) is 1. The van der Waals surface area contributed by atoms with Crippen LogP contribution in [0.2, 0.25) is 0 Å². The van der Waals surface area contributed by atoms with Gasteiger partial charge in [0.15, 0.2) is 4.77 Å². The maximum atomic E-state index is 4.95. The third kappa shape index (κ3) is 2.08. The van der Waals surface area contributed by atoms with Crippen molar-refractivity contribution in [1.82, 2.24) is 9.97 Å². The first-order valence-corrected chi connectivity index (χ1v) is 5.27. The number of halogens is 1. The maximum absolute atomic E-state index is 4.95. The van der Waals surface area contributed by atoms with Crippen LogP contribution >= 0.6 is 28.1 Å². The summed E-state index contributed by atoms with van der Waals surface area (Å²) in [7, 11) is 0. The van der Waals surface area contributed by atoms with E-state index in [-0.39, 0.29) is 0 Å². The molecule has 4 heteroatoms. The molecule has 0 saturated heterocycles. The van der Waals surface area contributed by atoms with Crippen molar-refractivity contribution in [2.24, 2.45) is 0 Å². The van der Waals surface area contributed by atoms with E-state index in [1.807, 2.05) is 30.3 Å². The highest BCUT2D eigenvalue weighted by Gasteiger charge is 1.97. The van der Waals surface area contributed by atoms with Crippen molar-refractivity contribution in [1.29, 1.82) is 0 Å². The van der Waals surface area contributed by atoms with Crippen LogP contribution in [0.5, 0.6) is 0 Å². The Morgan fingerprint density at radius 1 is 1.29 bits per heavy atom. The lowest BCUT2D eigenvalue weighted by Crippen LogP contribution is -1.85. The predicted molar refractivity (Wildman–Crippen MR) is 62.6 cm³/mol. The Bertz CT molecular complexity index is 507. The summed E-state index contributed by atoms with van der Waals surface area (Å²) in [4.78, 5) is 6.97. The molecule has 0 aliphatic carbocycles. The number of H-pyrrole nitrogens is 1. The van der Waals surface area contributed by atoms with Gasteiger partial charge in [-0.15, -0.1) is 0 Å². The first-order valence-electron chi connectivity index (χ1n) is 4.07. The monoisotopic (exact) mass is 266 g/mol. The van der Waals surface area contributed by atoms with Crippen LogP contribution in [-0.2, 0) is 0 Å². The van der Waals surface area contributed by atoms with E-state index >= 15 is 0 Å². The van der Waals surface area contributed by atoms with Crippen LogP contribution in [0.15, 0.2) is 41.0 Å². The lowest BCUT2D eigenvalue weighted by Gasteiger charge is -2.01. The minimum atomic E-state index is 0.502. The third-order valence-corrected chi connectivity index (χ3v) is 2.51. The van der Waals surface area contributed by atoms with Crippen LogP contribution in [0, 0.1) is 4.77 Å². The van der Waals surface area contributed by atoms with Gasteiger partial charge in [0.25, 0.3) is 0 Å². The van der Waals surface area contributed by atoms with Crippen LogP contribution in [0.4, 0.5) is 0 Å². The van der Waals surface area contributed by atoms with Crippen molar-refractivity contribution in [2.75, 3.05) is 0 Å². The van der Waals surface area contributed by atoms with E-state index in [1.165, 1.54) is 0 Å². The highest BCUT2D eigenvalue weighted by molar-refractivity contribution is 9.10. The van der Waals surface area contributed by atoms with Crippen LogP contribution < -0.4 is 0 Å². The van der Waals surface area contributed by atoms with Crippen molar-refractivity contribution in [3.63, 3.8) is 0 Å². The molecule has 0 aliphatic heterocycles. The number of nitrogens with zero attached hydrogens (tertiary/aromatic N) is 1. The molecule has 2 rings (SSSR count). The first-order chi connectivity index (χ1) is 6.75. The first kappa shape index (κ1) is 9.55. The van der Waals surface area contributed by atoms with E-state index in [0.29, 0.717) is 4.77 Å². The van der Waals surface area contributed by atoms with Gasteiger partial charge in [-0.1, -0.05) is 28.1 Å². The molecule has 1 aromatic heterocycles. The smallest absolute Gasteiger partial charge is 0.197 e. The molecule has 0 spiro atoms. The van der Waals surface area contributed by atoms with Gasteiger partial charge in [-0.3, -0.25) is 0 Å². The molecule has 0 atom stereocenters. The second kappa shape index (κ2) is 4.02. The average molecular weight is 267 g/mol. The van der Waals surface area contributed by atoms with Gasteiger partial charge in [-0.2, -0.15) is 0 Å². The van der Waals surface area contributed by atoms with Crippen LogP contribution in [-0.4, -0.2) is 9.97 Å². The van der Waals surface area contributed by atoms with Crippen molar-refractivity contribution >= 4 is 28.1 Å². The van der Waals surface area contributed by atoms with E-state index in [4.69, 9.17) is 12.2 Å². The fraction of sp³-hybridized carbons (Fsp3) is 0. The standard InChI is InChI=1S/C10H7BrN2S/c11-8-3-1-2-7(6-8)9-4-5-12-10(14)13-9/h1-6H,(H,12,13,14). The summed E-state index contributed by atoms with van der Waals surface area (Å²) >= 11 is 8.38. The Morgan fingerprint density at radius 2 is 2.14 bits per heavy atom. The normalized spacial score (nSPS) is 10.1. The van der Waals surface area contributed by atoms with Gasteiger partial charge in [0.1, 0.15) is 0 Å². The Hall–Kier alpha value is -1.00. The van der Waals surface area contributed by atoms with Gasteiger partial charge < -0.3 is 4.98 Å². The van der Waals surface area contributed by atoms with E-state index in [1.54, 1.807) is 6.20 Å². The van der Waals surface area contributed by atoms with Crippen LogP contribution in [0.25, 0.3) is 11.3 Å². The summed E-state index contributed by atoms with van der Waals surface area (Å²) in [5, 5.41) is 0. The molecule has 2 nitrogen and oxygen atoms in total. The lowest BCUT2D eigenvalue weighted by atomic mass is 10.1. The Labute approximate surface area is 95.2 Å². The summed E-state index contributed by atoms with van der Waals surface area (Å²) in [6.45, 7) is 0. The molecule has 0 radical (unpaired) electrons. The molecular formula is C10H7BrN2S. The predicted octanol–water partition coefficient (Wildman–Crippen LogP) is 3.57. The van der Waals surface area contributed by atoms with Gasteiger partial charge in [0.2, 0.25) is 0 Å². The lowest BCUT2D eigenvalue weighted by molar-refractivity contribution is 1.14. The van der Waals surface area contributed by atoms with Crippen molar-refractivity contribution in [3.8, 4) is 11.3 Å². The molecule has 0 amide bonds. The number of hydrogen-bond acceptors (Lipinski definition) is 2. The molecule has 14 heavy (non-hydrogen) atoms. The zero-order valence-corrected chi connectivity index (χ0v) is 9.60. The molecule has 1 heterocycles. The molecular weight excluding hydrogens is 260 g/mol. The maximum Gasteiger partial charge on any atom is 0.197 e. The van der Waals surface area contributed by atoms with E-state index in [9.17, 15) is 0 Å². The summed E-state index contributed by atoms with van der Waals surface area (Å²) in [6, 6.07) is 9.92. The largest absolute Gasteiger partial charge is 0.330 e. The van der Waals surface area contributed by atoms with Crippen LogP contribution in [0.1, 0.15) is 0 Å². The number of rotatable bonds is 1. The minimum absolute atomic E-state index is 0.502. The minimum Gasteiger partial charge on any atom is -0.330 e. The van der Waals surface area contributed by atoms with Crippen molar-refractivity contribution < 1.29 is 0 Å². The topological polar surface area (TPSA) is 28.7 Å². The van der Waals surface area contributed by atoms with Crippen LogP contribution in [0.3, 0.4) is 0 Å². The summed E-state index contributed by atoms with van der Waals surface area (Å²) in [5.74, 6) is 0. The van der Waals surface area contributed by atoms with E-state index in [2.05, 4.69) is 25.9 Å². The molecule has 2 aromatic rings. The Balaban J connectivity index is 2.55. The Kier molecular flexibility index (Phi) is 2.74. The van der Waals surface area contributed by atoms with Crippen molar-refractivity contribution in [2.45, 2.75) is 0 Å². The van der Waals surface area contributed by atoms with Gasteiger partial charge in [0.05, 0.1) is 0 Å². The third-order valence-electron chi connectivity index (χ3n) is 1.81. The molecule has 0 fully saturated rings. The second-order valence-electron chi connectivity index (χ2n) is 2.80. The number of hydrogen-bond donors (Lipinski definition) is 1. The quantitative estimate of drug-likeness (QED) is 0.800. The zero-order valence-electron chi connectivity index (χ0n) is 7.20. The molecule has 0 bridgehead atoms. The Morgan fingerprint density at radius 3 is 2.86 bits per heavy atom. The molecule has 0 unspecified atom stereocenters. The van der Waals surface area contributed by atoms with E-state index < -0.39 is 0 Å². The molecule has 0 aliphatic rings. The SMILES string of the molecule is S=c1nccc(-c2cccc(Br)c2)[nH]1. The average Bonchev–Trinajstić information content (AvgIpc) is 2.18. The number of benzene rings is 1. The molecule has 0 saturated carbocycles. The second-order valence-corrected chi connectivity index (χ2v) is 4.10. The highest BCUT2D eigenvalue weighted by atomic mass is 79.9. The van der Waals surface area contributed by atoms with Gasteiger partial charge in [-0.25, -0.2) is 4.98 Å². The molecule has 1 N–H and O–H groups in total. The summed E-state index contributed by atoms with van der Waals surface area (Å²) in [5.41, 5.74) is 2.07. The summed E-state index contributed by atoms with van der Waals surface area (Å²) in [6.07, 6.45) is 1.70.